The highest BCUT2D eigenvalue weighted by Gasteiger charge is 2.27. The van der Waals surface area contributed by atoms with E-state index in [9.17, 15) is 14.7 Å². The summed E-state index contributed by atoms with van der Waals surface area (Å²) in [6.07, 6.45) is 1.76. The number of pyridine rings is 1. The molecule has 2 aromatic heterocycles. The minimum Gasteiger partial charge on any atom is -0.464 e. The first-order chi connectivity index (χ1) is 12.0. The molecule has 2 N–H and O–H groups in total. The van der Waals surface area contributed by atoms with Crippen LogP contribution < -0.4 is 5.56 Å². The highest BCUT2D eigenvalue weighted by molar-refractivity contribution is 6.04. The van der Waals surface area contributed by atoms with Crippen LogP contribution in [0.15, 0.2) is 29.2 Å². The number of esters is 1. The van der Waals surface area contributed by atoms with Gasteiger partial charge in [0.1, 0.15) is 0 Å². The third-order valence-electron chi connectivity index (χ3n) is 4.21. The zero-order valence-electron chi connectivity index (χ0n) is 14.4. The van der Waals surface area contributed by atoms with E-state index in [4.69, 9.17) is 4.74 Å². The minimum atomic E-state index is -0.567. The molecule has 7 heteroatoms. The number of ether oxygens (including phenoxy) is 1. The topological polar surface area (TPSA) is 97.2 Å². The monoisotopic (exact) mass is 343 g/mol. The van der Waals surface area contributed by atoms with Gasteiger partial charge < -0.3 is 14.8 Å². The van der Waals surface area contributed by atoms with E-state index in [0.717, 1.165) is 10.8 Å². The molecule has 7 nitrogen and oxygen atoms in total. The fourth-order valence-electron chi connectivity index (χ4n) is 3.02. The van der Waals surface area contributed by atoms with Crippen molar-refractivity contribution < 1.29 is 14.6 Å². The Morgan fingerprint density at radius 2 is 2.08 bits per heavy atom. The second kappa shape index (κ2) is 6.68. The molecule has 0 fully saturated rings. The van der Waals surface area contributed by atoms with E-state index in [1.807, 2.05) is 13.8 Å². The van der Waals surface area contributed by atoms with Gasteiger partial charge in [-0.05, 0) is 29.9 Å². The van der Waals surface area contributed by atoms with Crippen molar-refractivity contribution in [1.29, 1.82) is 0 Å². The second-order valence-electron chi connectivity index (χ2n) is 6.30. The lowest BCUT2D eigenvalue weighted by molar-refractivity contribution is -0.148. The van der Waals surface area contributed by atoms with E-state index in [0.29, 0.717) is 23.2 Å². The maximum absolute atomic E-state index is 12.3. The number of aliphatic hydroxyl groups is 1. The molecule has 0 saturated heterocycles. The number of carbonyl (C=O) groups is 1. The summed E-state index contributed by atoms with van der Waals surface area (Å²) in [5, 5.41) is 15.6. The molecule has 2 heterocycles. The predicted molar refractivity (Wildman–Crippen MR) is 94.3 cm³/mol. The summed E-state index contributed by atoms with van der Waals surface area (Å²) in [6, 6.07) is 4.65. The number of H-pyrrole nitrogens is 1. The quantitative estimate of drug-likeness (QED) is 0.692. The summed E-state index contributed by atoms with van der Waals surface area (Å²) in [6.45, 7) is 5.76. The predicted octanol–water partition coefficient (Wildman–Crippen LogP) is 2.13. The van der Waals surface area contributed by atoms with Gasteiger partial charge in [-0.3, -0.25) is 9.48 Å². The van der Waals surface area contributed by atoms with Crippen molar-refractivity contribution in [2.75, 3.05) is 6.61 Å². The van der Waals surface area contributed by atoms with Gasteiger partial charge >= 0.3 is 5.97 Å². The van der Waals surface area contributed by atoms with Crippen LogP contribution >= 0.6 is 0 Å². The first-order valence-electron chi connectivity index (χ1n) is 8.27. The van der Waals surface area contributed by atoms with Crippen LogP contribution in [-0.2, 0) is 16.1 Å². The molecular formula is C18H21N3O4. The smallest absolute Gasteiger partial charge is 0.331 e. The SMILES string of the molecule is CCOC(=O)C(C(C)C)n1cc2c(n1)[nH]c(=O)c1cc(CO)ccc12. The van der Waals surface area contributed by atoms with E-state index >= 15 is 0 Å². The molecule has 3 aromatic rings. The Morgan fingerprint density at radius 1 is 1.32 bits per heavy atom. The largest absolute Gasteiger partial charge is 0.464 e. The van der Waals surface area contributed by atoms with Crippen LogP contribution in [0.25, 0.3) is 21.8 Å². The Hall–Kier alpha value is -2.67. The van der Waals surface area contributed by atoms with Crippen molar-refractivity contribution in [3.8, 4) is 0 Å². The molecule has 132 valence electrons. The number of hydrogen-bond donors (Lipinski definition) is 2. The van der Waals surface area contributed by atoms with Crippen molar-refractivity contribution in [3.05, 3.63) is 40.3 Å². The van der Waals surface area contributed by atoms with Gasteiger partial charge in [0.25, 0.3) is 5.56 Å². The molecular weight excluding hydrogens is 322 g/mol. The van der Waals surface area contributed by atoms with E-state index in [1.54, 1.807) is 36.0 Å². The van der Waals surface area contributed by atoms with Crippen LogP contribution in [0.1, 0.15) is 32.4 Å². The number of rotatable bonds is 5. The Kier molecular flexibility index (Phi) is 4.59. The molecule has 0 bridgehead atoms. The zero-order valence-corrected chi connectivity index (χ0v) is 14.4. The molecule has 3 rings (SSSR count). The lowest BCUT2D eigenvalue weighted by Gasteiger charge is -2.19. The lowest BCUT2D eigenvalue weighted by Crippen LogP contribution is -2.27. The Bertz CT molecular complexity index is 987. The molecule has 1 aromatic carbocycles. The zero-order chi connectivity index (χ0) is 18.1. The summed E-state index contributed by atoms with van der Waals surface area (Å²) in [5.41, 5.74) is 0.806. The molecule has 0 saturated carbocycles. The van der Waals surface area contributed by atoms with Crippen LogP contribution in [0.3, 0.4) is 0 Å². The van der Waals surface area contributed by atoms with Crippen molar-refractivity contribution in [1.82, 2.24) is 14.8 Å². The van der Waals surface area contributed by atoms with Crippen LogP contribution in [0.5, 0.6) is 0 Å². The van der Waals surface area contributed by atoms with E-state index in [1.165, 1.54) is 0 Å². The Labute approximate surface area is 144 Å². The van der Waals surface area contributed by atoms with Gasteiger partial charge in [-0.25, -0.2) is 4.79 Å². The third-order valence-corrected chi connectivity index (χ3v) is 4.21. The summed E-state index contributed by atoms with van der Waals surface area (Å²) in [5.74, 6) is -0.369. The number of aliphatic hydroxyl groups excluding tert-OH is 1. The second-order valence-corrected chi connectivity index (χ2v) is 6.30. The van der Waals surface area contributed by atoms with Crippen molar-refractivity contribution in [2.45, 2.75) is 33.4 Å². The van der Waals surface area contributed by atoms with Gasteiger partial charge in [-0.2, -0.15) is 5.10 Å². The number of benzene rings is 1. The average molecular weight is 343 g/mol. The van der Waals surface area contributed by atoms with E-state index in [-0.39, 0.29) is 24.1 Å². The number of nitrogens with one attached hydrogen (secondary N) is 1. The lowest BCUT2D eigenvalue weighted by atomic mass is 10.0. The van der Waals surface area contributed by atoms with Crippen LogP contribution in [-0.4, -0.2) is 32.4 Å². The van der Waals surface area contributed by atoms with Gasteiger partial charge in [0, 0.05) is 17.0 Å². The number of aromatic nitrogens is 3. The van der Waals surface area contributed by atoms with Gasteiger partial charge in [-0.15, -0.1) is 0 Å². The Morgan fingerprint density at radius 3 is 2.72 bits per heavy atom. The van der Waals surface area contributed by atoms with Crippen molar-refractivity contribution >= 4 is 27.8 Å². The van der Waals surface area contributed by atoms with Crippen LogP contribution in [0, 0.1) is 5.92 Å². The summed E-state index contributed by atoms with van der Waals surface area (Å²) < 4.78 is 6.72. The standard InChI is InChI=1S/C18H21N3O4/c1-4-25-18(24)15(10(2)3)21-8-14-12-6-5-11(9-22)7-13(12)17(23)19-16(14)20-21/h5-8,10,15,22H,4,9H2,1-3H3,(H,19,20,23). The van der Waals surface area contributed by atoms with Crippen LogP contribution in [0.4, 0.5) is 0 Å². The Balaban J connectivity index is 2.21. The number of aromatic amines is 1. The molecule has 0 radical (unpaired) electrons. The first-order valence-corrected chi connectivity index (χ1v) is 8.27. The molecule has 1 unspecified atom stereocenters. The van der Waals surface area contributed by atoms with Gasteiger partial charge in [-0.1, -0.05) is 26.0 Å². The number of carbonyl (C=O) groups excluding carboxylic acids is 1. The molecule has 0 amide bonds. The average Bonchev–Trinajstić information content (AvgIpc) is 2.97. The van der Waals surface area contributed by atoms with Crippen molar-refractivity contribution in [2.24, 2.45) is 5.92 Å². The summed E-state index contributed by atoms with van der Waals surface area (Å²) in [7, 11) is 0. The number of hydrogen-bond acceptors (Lipinski definition) is 5. The summed E-state index contributed by atoms with van der Waals surface area (Å²) >= 11 is 0. The van der Waals surface area contributed by atoms with Gasteiger partial charge in [0.2, 0.25) is 0 Å². The fourth-order valence-corrected chi connectivity index (χ4v) is 3.02. The normalized spacial score (nSPS) is 12.8. The highest BCUT2D eigenvalue weighted by atomic mass is 16.5. The number of nitrogens with zero attached hydrogens (tertiary/aromatic N) is 2. The maximum Gasteiger partial charge on any atom is 0.331 e. The van der Waals surface area contributed by atoms with Gasteiger partial charge in [0.15, 0.2) is 11.7 Å². The molecule has 0 spiro atoms. The van der Waals surface area contributed by atoms with Crippen molar-refractivity contribution in [3.63, 3.8) is 0 Å². The van der Waals surface area contributed by atoms with E-state index in [2.05, 4.69) is 10.1 Å². The molecule has 1 atom stereocenters. The molecule has 0 aliphatic heterocycles. The molecule has 25 heavy (non-hydrogen) atoms. The summed E-state index contributed by atoms with van der Waals surface area (Å²) in [4.78, 5) is 27.4. The minimum absolute atomic E-state index is 0.0210. The molecule has 0 aliphatic carbocycles. The maximum atomic E-state index is 12.3. The van der Waals surface area contributed by atoms with Gasteiger partial charge in [0.05, 0.1) is 13.2 Å². The fraction of sp³-hybridized carbons (Fsp3) is 0.389. The third kappa shape index (κ3) is 3.02. The van der Waals surface area contributed by atoms with E-state index < -0.39 is 6.04 Å². The molecule has 0 aliphatic rings. The first kappa shape index (κ1) is 17.2. The number of fused-ring (bicyclic) bond motifs is 3. The highest BCUT2D eigenvalue weighted by Crippen LogP contribution is 2.25. The van der Waals surface area contributed by atoms with Crippen LogP contribution in [0.2, 0.25) is 0 Å².